The van der Waals surface area contributed by atoms with Crippen molar-refractivity contribution >= 4 is 11.6 Å². The summed E-state index contributed by atoms with van der Waals surface area (Å²) in [6.45, 7) is 4.30. The molecule has 1 aliphatic rings. The van der Waals surface area contributed by atoms with Crippen molar-refractivity contribution in [3.05, 3.63) is 11.3 Å². The summed E-state index contributed by atoms with van der Waals surface area (Å²) in [6, 6.07) is 0. The van der Waals surface area contributed by atoms with E-state index < -0.39 is 0 Å². The lowest BCUT2D eigenvalue weighted by Crippen LogP contribution is -2.24. The van der Waals surface area contributed by atoms with Gasteiger partial charge in [-0.25, -0.2) is 0 Å². The molecule has 4 nitrogen and oxygen atoms in total. The number of nitrogens with one attached hydrogen (secondary N) is 1. The maximum absolute atomic E-state index is 11.0. The minimum Gasteiger partial charge on any atom is -0.512 e. The second kappa shape index (κ2) is 3.38. The van der Waals surface area contributed by atoms with Gasteiger partial charge in [-0.2, -0.15) is 0 Å². The van der Waals surface area contributed by atoms with Crippen molar-refractivity contribution in [2.24, 2.45) is 4.99 Å². The number of ketones is 1. The van der Waals surface area contributed by atoms with Crippen LogP contribution in [0, 0.1) is 0 Å². The third-order valence-electron chi connectivity index (χ3n) is 1.62. The molecule has 4 heteroatoms. The number of hydrogen-bond donors (Lipinski definition) is 2. The molecule has 12 heavy (non-hydrogen) atoms. The van der Waals surface area contributed by atoms with Crippen molar-refractivity contribution in [2.45, 2.75) is 13.8 Å². The van der Waals surface area contributed by atoms with Gasteiger partial charge in [0, 0.05) is 6.54 Å². The van der Waals surface area contributed by atoms with Crippen molar-refractivity contribution < 1.29 is 9.90 Å². The number of carbonyl (C=O) groups is 1. The van der Waals surface area contributed by atoms with E-state index in [0.29, 0.717) is 18.0 Å². The average Bonchev–Trinajstić information content (AvgIpc) is 2.37. The maximum atomic E-state index is 11.0. The van der Waals surface area contributed by atoms with E-state index in [0.717, 1.165) is 6.54 Å². The van der Waals surface area contributed by atoms with Crippen LogP contribution in [0.5, 0.6) is 0 Å². The molecule has 0 aromatic heterocycles. The fourth-order valence-electron chi connectivity index (χ4n) is 1.16. The SMILES string of the molecule is CC(=O)/C(C1=NCCN1)=C(/C)O. The third-order valence-corrected chi connectivity index (χ3v) is 1.62. The third kappa shape index (κ3) is 1.64. The van der Waals surface area contributed by atoms with Crippen LogP contribution in [-0.4, -0.2) is 29.8 Å². The number of Topliss-reactive ketones (excluding diaryl/α,β-unsaturated/α-hetero) is 1. The van der Waals surface area contributed by atoms with E-state index in [9.17, 15) is 9.90 Å². The normalized spacial score (nSPS) is 18.0. The molecule has 0 fully saturated rings. The Hall–Kier alpha value is -1.32. The highest BCUT2D eigenvalue weighted by atomic mass is 16.3. The summed E-state index contributed by atoms with van der Waals surface area (Å²) < 4.78 is 0. The summed E-state index contributed by atoms with van der Waals surface area (Å²) in [7, 11) is 0. The molecule has 1 heterocycles. The van der Waals surface area contributed by atoms with E-state index >= 15 is 0 Å². The van der Waals surface area contributed by atoms with Gasteiger partial charge >= 0.3 is 0 Å². The predicted octanol–water partition coefficient (Wildman–Crippen LogP) is 0.409. The number of allylic oxidation sites excluding steroid dienone is 1. The number of amidine groups is 1. The Kier molecular flexibility index (Phi) is 2.47. The lowest BCUT2D eigenvalue weighted by atomic mass is 10.1. The highest BCUT2D eigenvalue weighted by Crippen LogP contribution is 2.06. The van der Waals surface area contributed by atoms with Gasteiger partial charge in [0.25, 0.3) is 0 Å². The van der Waals surface area contributed by atoms with Crippen molar-refractivity contribution in [3.63, 3.8) is 0 Å². The van der Waals surface area contributed by atoms with Gasteiger partial charge in [-0.3, -0.25) is 9.79 Å². The van der Waals surface area contributed by atoms with E-state index in [1.807, 2.05) is 0 Å². The molecule has 1 aliphatic heterocycles. The summed E-state index contributed by atoms with van der Waals surface area (Å²) in [5.41, 5.74) is 0.299. The summed E-state index contributed by atoms with van der Waals surface area (Å²) in [5.74, 6) is 0.376. The molecule has 0 saturated carbocycles. The first-order valence-electron chi connectivity index (χ1n) is 3.82. The quantitative estimate of drug-likeness (QED) is 0.463. The minimum atomic E-state index is -0.164. The summed E-state index contributed by atoms with van der Waals surface area (Å²) in [6.07, 6.45) is 0. The molecular weight excluding hydrogens is 156 g/mol. The zero-order valence-electron chi connectivity index (χ0n) is 7.22. The molecule has 0 saturated heterocycles. The van der Waals surface area contributed by atoms with E-state index in [1.54, 1.807) is 0 Å². The Morgan fingerprint density at radius 1 is 1.58 bits per heavy atom. The van der Waals surface area contributed by atoms with Crippen LogP contribution < -0.4 is 5.32 Å². The van der Waals surface area contributed by atoms with Gasteiger partial charge in [0.05, 0.1) is 12.1 Å². The molecule has 0 aromatic carbocycles. The van der Waals surface area contributed by atoms with Gasteiger partial charge in [-0.05, 0) is 13.8 Å². The molecule has 0 atom stereocenters. The number of rotatable bonds is 2. The number of aliphatic imine (C=N–C) groups is 1. The van der Waals surface area contributed by atoms with E-state index in [4.69, 9.17) is 0 Å². The molecule has 0 amide bonds. The monoisotopic (exact) mass is 168 g/mol. The number of nitrogens with zero attached hydrogens (tertiary/aromatic N) is 1. The Morgan fingerprint density at radius 3 is 2.58 bits per heavy atom. The first kappa shape index (κ1) is 8.77. The molecule has 2 N–H and O–H groups in total. The highest BCUT2D eigenvalue weighted by Gasteiger charge is 2.17. The number of hydrogen-bond acceptors (Lipinski definition) is 4. The first-order chi connectivity index (χ1) is 5.63. The number of carbonyl (C=O) groups excluding carboxylic acids is 1. The molecule has 0 radical (unpaired) electrons. The maximum Gasteiger partial charge on any atom is 0.166 e. The van der Waals surface area contributed by atoms with Crippen LogP contribution in [0.4, 0.5) is 0 Å². The van der Waals surface area contributed by atoms with Gasteiger partial charge in [0.15, 0.2) is 5.78 Å². The summed E-state index contributed by atoms with van der Waals surface area (Å²) in [4.78, 5) is 15.1. The van der Waals surface area contributed by atoms with Gasteiger partial charge in [-0.1, -0.05) is 0 Å². The van der Waals surface area contributed by atoms with E-state index in [2.05, 4.69) is 10.3 Å². The van der Waals surface area contributed by atoms with E-state index in [-0.39, 0.29) is 11.5 Å². The van der Waals surface area contributed by atoms with Crippen molar-refractivity contribution in [1.29, 1.82) is 0 Å². The summed E-state index contributed by atoms with van der Waals surface area (Å²) >= 11 is 0. The molecule has 0 aliphatic carbocycles. The van der Waals surface area contributed by atoms with Gasteiger partial charge in [0.2, 0.25) is 0 Å². The summed E-state index contributed by atoms with van der Waals surface area (Å²) in [5, 5.41) is 12.1. The zero-order chi connectivity index (χ0) is 9.14. The fraction of sp³-hybridized carbons (Fsp3) is 0.500. The smallest absolute Gasteiger partial charge is 0.166 e. The largest absolute Gasteiger partial charge is 0.512 e. The Labute approximate surface area is 71.0 Å². The van der Waals surface area contributed by atoms with Crippen molar-refractivity contribution in [1.82, 2.24) is 5.32 Å². The molecule has 0 bridgehead atoms. The van der Waals surface area contributed by atoms with Gasteiger partial charge in [-0.15, -0.1) is 0 Å². The molecule has 66 valence electrons. The van der Waals surface area contributed by atoms with Crippen LogP contribution in [0.15, 0.2) is 16.3 Å². The lowest BCUT2D eigenvalue weighted by molar-refractivity contribution is -0.113. The van der Waals surface area contributed by atoms with Crippen LogP contribution in [-0.2, 0) is 4.79 Å². The number of aliphatic hydroxyl groups excluding tert-OH is 1. The van der Waals surface area contributed by atoms with Crippen LogP contribution in [0.25, 0.3) is 0 Å². The highest BCUT2D eigenvalue weighted by molar-refractivity contribution is 6.21. The van der Waals surface area contributed by atoms with Crippen LogP contribution >= 0.6 is 0 Å². The van der Waals surface area contributed by atoms with Crippen molar-refractivity contribution in [2.75, 3.05) is 13.1 Å². The topological polar surface area (TPSA) is 61.7 Å². The Bertz CT molecular complexity index is 262. The lowest BCUT2D eigenvalue weighted by Gasteiger charge is -2.04. The molecule has 0 aromatic rings. The molecule has 0 unspecified atom stereocenters. The van der Waals surface area contributed by atoms with Crippen molar-refractivity contribution in [3.8, 4) is 0 Å². The van der Waals surface area contributed by atoms with Gasteiger partial charge in [0.1, 0.15) is 11.6 Å². The average molecular weight is 168 g/mol. The molecule has 0 spiro atoms. The Morgan fingerprint density at radius 2 is 2.25 bits per heavy atom. The fourth-order valence-corrected chi connectivity index (χ4v) is 1.16. The minimum absolute atomic E-state index is 0.0238. The predicted molar refractivity (Wildman–Crippen MR) is 46.3 cm³/mol. The van der Waals surface area contributed by atoms with Crippen LogP contribution in [0.2, 0.25) is 0 Å². The second-order valence-corrected chi connectivity index (χ2v) is 2.67. The standard InChI is InChI=1S/C8H12N2O2/c1-5(11)7(6(2)12)8-9-3-4-10-8/h11H,3-4H2,1-2H3,(H,9,10)/b7-5+. The molecule has 1 rings (SSSR count). The van der Waals surface area contributed by atoms with Crippen LogP contribution in [0.3, 0.4) is 0 Å². The number of aliphatic hydroxyl groups is 1. The first-order valence-corrected chi connectivity index (χ1v) is 3.82. The van der Waals surface area contributed by atoms with E-state index in [1.165, 1.54) is 13.8 Å². The molecular formula is C8H12N2O2. The van der Waals surface area contributed by atoms with Crippen LogP contribution in [0.1, 0.15) is 13.8 Å². The van der Waals surface area contributed by atoms with Gasteiger partial charge < -0.3 is 10.4 Å². The zero-order valence-corrected chi connectivity index (χ0v) is 7.22. The Balaban J connectivity index is 2.95. The second-order valence-electron chi connectivity index (χ2n) is 2.67.